The highest BCUT2D eigenvalue weighted by Gasteiger charge is 2.32. The first-order chi connectivity index (χ1) is 17.2. The Labute approximate surface area is 205 Å². The van der Waals surface area contributed by atoms with Gasteiger partial charge in [-0.1, -0.05) is 12.1 Å². The number of aryl methyl sites for hydroxylation is 1. The van der Waals surface area contributed by atoms with E-state index in [4.69, 9.17) is 9.47 Å². The first kappa shape index (κ1) is 25.3. The van der Waals surface area contributed by atoms with Crippen LogP contribution >= 0.6 is 0 Å². The molecule has 1 unspecified atom stereocenters. The van der Waals surface area contributed by atoms with Gasteiger partial charge in [-0.25, -0.2) is 4.79 Å². The van der Waals surface area contributed by atoms with Crippen LogP contribution < -0.4 is 15.0 Å². The number of ether oxygens (including phenoxy) is 2. The number of carbonyl (C=O) groups excluding carboxylic acids is 3. The molecule has 0 saturated carbocycles. The SMILES string of the molecule is CC(OC(=O)C=O)N1CCCc2ccc(NC(=O)/C=C3\CCCOc4cc(C(F)(F)F)ccc43)cc21. The van der Waals surface area contributed by atoms with Crippen LogP contribution in [0.3, 0.4) is 0 Å². The molecule has 10 heteroatoms. The van der Waals surface area contributed by atoms with Gasteiger partial charge < -0.3 is 19.7 Å². The number of benzene rings is 2. The number of carbonyl (C=O) groups is 3. The van der Waals surface area contributed by atoms with Crippen molar-refractivity contribution in [1.82, 2.24) is 0 Å². The molecule has 1 atom stereocenters. The second-order valence-corrected chi connectivity index (χ2v) is 8.61. The zero-order valence-corrected chi connectivity index (χ0v) is 19.6. The van der Waals surface area contributed by atoms with Gasteiger partial charge in [0.25, 0.3) is 0 Å². The smallest absolute Gasteiger partial charge is 0.416 e. The van der Waals surface area contributed by atoms with E-state index in [2.05, 4.69) is 5.32 Å². The number of hydrogen-bond acceptors (Lipinski definition) is 6. The van der Waals surface area contributed by atoms with Gasteiger partial charge in [-0.15, -0.1) is 0 Å². The van der Waals surface area contributed by atoms with E-state index in [0.717, 1.165) is 36.2 Å². The van der Waals surface area contributed by atoms with Gasteiger partial charge in [0.1, 0.15) is 5.75 Å². The minimum Gasteiger partial charge on any atom is -0.493 e. The molecule has 2 aromatic carbocycles. The van der Waals surface area contributed by atoms with Gasteiger partial charge in [0, 0.05) is 29.6 Å². The van der Waals surface area contributed by atoms with Crippen LogP contribution in [0.2, 0.25) is 0 Å². The molecule has 1 amide bonds. The average molecular weight is 502 g/mol. The minimum absolute atomic E-state index is 0.102. The van der Waals surface area contributed by atoms with Crippen molar-refractivity contribution in [2.24, 2.45) is 0 Å². The lowest BCUT2D eigenvalue weighted by atomic mass is 9.98. The van der Waals surface area contributed by atoms with E-state index in [0.29, 0.717) is 36.2 Å². The van der Waals surface area contributed by atoms with Gasteiger partial charge in [-0.3, -0.25) is 9.59 Å². The fourth-order valence-electron chi connectivity index (χ4n) is 4.47. The lowest BCUT2D eigenvalue weighted by Crippen LogP contribution is -2.40. The predicted molar refractivity (Wildman–Crippen MR) is 127 cm³/mol. The second-order valence-electron chi connectivity index (χ2n) is 8.61. The van der Waals surface area contributed by atoms with Crippen LogP contribution in [-0.4, -0.2) is 37.5 Å². The Hall–Kier alpha value is -3.82. The molecular formula is C26H25F3N2O5. The number of esters is 1. The quantitative estimate of drug-likeness (QED) is 0.275. The lowest BCUT2D eigenvalue weighted by Gasteiger charge is -2.35. The number of fused-ring (bicyclic) bond motifs is 2. The Morgan fingerprint density at radius 3 is 2.69 bits per heavy atom. The van der Waals surface area contributed by atoms with Crippen LogP contribution in [0.5, 0.6) is 5.75 Å². The van der Waals surface area contributed by atoms with Gasteiger partial charge in [0.2, 0.25) is 12.2 Å². The van der Waals surface area contributed by atoms with Gasteiger partial charge in [-0.05, 0) is 68.0 Å². The van der Waals surface area contributed by atoms with Crippen LogP contribution in [0.4, 0.5) is 24.5 Å². The molecule has 4 rings (SSSR count). The third-order valence-electron chi connectivity index (χ3n) is 6.14. The molecule has 0 spiro atoms. The molecule has 0 aliphatic carbocycles. The van der Waals surface area contributed by atoms with E-state index >= 15 is 0 Å². The number of nitrogens with one attached hydrogen (secondary N) is 1. The van der Waals surface area contributed by atoms with Crippen molar-refractivity contribution >= 4 is 35.1 Å². The van der Waals surface area contributed by atoms with Crippen molar-refractivity contribution in [3.63, 3.8) is 0 Å². The van der Waals surface area contributed by atoms with Crippen LogP contribution in [0.15, 0.2) is 42.5 Å². The Bertz CT molecular complexity index is 1210. The summed E-state index contributed by atoms with van der Waals surface area (Å²) >= 11 is 0. The summed E-state index contributed by atoms with van der Waals surface area (Å²) in [6, 6.07) is 8.70. The molecule has 0 bridgehead atoms. The third kappa shape index (κ3) is 5.69. The Balaban J connectivity index is 1.55. The van der Waals surface area contributed by atoms with Crippen molar-refractivity contribution in [3.8, 4) is 5.75 Å². The van der Waals surface area contributed by atoms with Gasteiger partial charge in [-0.2, -0.15) is 13.2 Å². The van der Waals surface area contributed by atoms with Crippen LogP contribution in [0.1, 0.15) is 42.9 Å². The molecule has 7 nitrogen and oxygen atoms in total. The van der Waals surface area contributed by atoms with E-state index in [1.165, 1.54) is 12.1 Å². The van der Waals surface area contributed by atoms with Crippen molar-refractivity contribution in [1.29, 1.82) is 0 Å². The highest BCUT2D eigenvalue weighted by molar-refractivity contribution is 6.20. The summed E-state index contributed by atoms with van der Waals surface area (Å²) < 4.78 is 50.0. The van der Waals surface area contributed by atoms with Crippen molar-refractivity contribution in [2.45, 2.75) is 45.0 Å². The number of aldehydes is 1. The topological polar surface area (TPSA) is 84.9 Å². The number of allylic oxidation sites excluding steroid dienone is 1. The maximum absolute atomic E-state index is 13.1. The Kier molecular flexibility index (Phi) is 7.32. The van der Waals surface area contributed by atoms with E-state index in [-0.39, 0.29) is 18.6 Å². The second kappa shape index (κ2) is 10.4. The average Bonchev–Trinajstić information content (AvgIpc) is 3.04. The maximum atomic E-state index is 13.1. The molecule has 2 aliphatic heterocycles. The van der Waals surface area contributed by atoms with Crippen LogP contribution in [0.25, 0.3) is 5.57 Å². The largest absolute Gasteiger partial charge is 0.493 e. The predicted octanol–water partition coefficient (Wildman–Crippen LogP) is 4.74. The molecule has 0 fully saturated rings. The van der Waals surface area contributed by atoms with Gasteiger partial charge in [0.05, 0.1) is 12.2 Å². The summed E-state index contributed by atoms with van der Waals surface area (Å²) in [5, 5.41) is 2.81. The first-order valence-electron chi connectivity index (χ1n) is 11.6. The zero-order chi connectivity index (χ0) is 25.9. The normalized spacial score (nSPS) is 17.2. The summed E-state index contributed by atoms with van der Waals surface area (Å²) in [5.74, 6) is -1.29. The van der Waals surface area contributed by atoms with Crippen molar-refractivity contribution < 1.29 is 37.0 Å². The monoisotopic (exact) mass is 502 g/mol. The molecule has 0 aromatic heterocycles. The molecule has 2 aromatic rings. The molecular weight excluding hydrogens is 477 g/mol. The molecule has 0 radical (unpaired) electrons. The Morgan fingerprint density at radius 2 is 1.94 bits per heavy atom. The minimum atomic E-state index is -4.49. The standard InChI is InChI=1S/C26H25F3N2O5/c1-16(36-25(34)15-32)31-10-2-4-17-6-8-20(14-22(17)31)30-24(33)12-18-5-3-11-35-23-13-19(26(27,28)29)7-9-21(18)23/h6-9,12-16H,2-5,10-11H2,1H3,(H,30,33)/b18-12+. The molecule has 0 saturated heterocycles. The van der Waals surface area contributed by atoms with E-state index in [1.54, 1.807) is 19.1 Å². The summed E-state index contributed by atoms with van der Waals surface area (Å²) in [6.45, 7) is 2.53. The highest BCUT2D eigenvalue weighted by Crippen LogP contribution is 2.38. The third-order valence-corrected chi connectivity index (χ3v) is 6.14. The van der Waals surface area contributed by atoms with E-state index in [9.17, 15) is 27.6 Å². The highest BCUT2D eigenvalue weighted by atomic mass is 19.4. The number of nitrogens with zero attached hydrogens (tertiary/aromatic N) is 1. The van der Waals surface area contributed by atoms with Gasteiger partial charge in [0.15, 0.2) is 6.23 Å². The van der Waals surface area contributed by atoms with E-state index in [1.807, 2.05) is 11.0 Å². The zero-order valence-electron chi connectivity index (χ0n) is 19.6. The fourth-order valence-corrected chi connectivity index (χ4v) is 4.47. The molecule has 2 heterocycles. The van der Waals surface area contributed by atoms with Crippen molar-refractivity contribution in [3.05, 3.63) is 59.2 Å². The molecule has 1 N–H and O–H groups in total. The Morgan fingerprint density at radius 1 is 1.14 bits per heavy atom. The number of alkyl halides is 3. The maximum Gasteiger partial charge on any atom is 0.416 e. The number of anilines is 2. The summed E-state index contributed by atoms with van der Waals surface area (Å²) in [6.07, 6.45) is -0.975. The lowest BCUT2D eigenvalue weighted by molar-refractivity contribution is -0.152. The van der Waals surface area contributed by atoms with Crippen LogP contribution in [0, 0.1) is 0 Å². The molecule has 190 valence electrons. The van der Waals surface area contributed by atoms with Crippen LogP contribution in [-0.2, 0) is 31.7 Å². The number of hydrogen-bond donors (Lipinski definition) is 1. The number of amides is 1. The number of halogens is 3. The molecule has 36 heavy (non-hydrogen) atoms. The van der Waals surface area contributed by atoms with E-state index < -0.39 is 29.8 Å². The number of rotatable bonds is 5. The first-order valence-corrected chi connectivity index (χ1v) is 11.6. The summed E-state index contributed by atoms with van der Waals surface area (Å²) in [7, 11) is 0. The summed E-state index contributed by atoms with van der Waals surface area (Å²) in [4.78, 5) is 36.8. The molecule has 2 aliphatic rings. The summed E-state index contributed by atoms with van der Waals surface area (Å²) in [5.41, 5.74) is 2.54. The fraction of sp³-hybridized carbons (Fsp3) is 0.346. The van der Waals surface area contributed by atoms with Gasteiger partial charge >= 0.3 is 12.1 Å². The van der Waals surface area contributed by atoms with Crippen molar-refractivity contribution in [2.75, 3.05) is 23.4 Å².